The molecule has 0 atom stereocenters. The van der Waals surface area contributed by atoms with Gasteiger partial charge in [0.15, 0.2) is 0 Å². The molecule has 0 heterocycles. The van der Waals surface area contributed by atoms with Crippen LogP contribution in [-0.4, -0.2) is 22.2 Å². The van der Waals surface area contributed by atoms with Gasteiger partial charge < -0.3 is 10.2 Å². The van der Waals surface area contributed by atoms with Gasteiger partial charge in [0.05, 0.1) is 11.1 Å². The first-order chi connectivity index (χ1) is 8.02. The smallest absolute Gasteiger partial charge is 0.337 e. The summed E-state index contributed by atoms with van der Waals surface area (Å²) >= 11 is 4.06. The molecule has 17 heavy (non-hydrogen) atoms. The van der Waals surface area contributed by atoms with Crippen LogP contribution < -0.4 is 0 Å². The summed E-state index contributed by atoms with van der Waals surface area (Å²) < 4.78 is 0. The van der Waals surface area contributed by atoms with Crippen LogP contribution in [0.15, 0.2) is 35.2 Å². The Kier molecular flexibility index (Phi) is 2.77. The first-order valence-corrected chi connectivity index (χ1v) is 5.18. The standard InChI is InChI=1S/C12H8O4S/c13-11(14)7-3-1-2-6-4-5-8(17)10(9(6)7)12(15)16/h1-5,17H,(H,13,14)(H,15,16). The van der Waals surface area contributed by atoms with E-state index in [0.29, 0.717) is 5.39 Å². The van der Waals surface area contributed by atoms with Gasteiger partial charge in [-0.05, 0) is 17.5 Å². The summed E-state index contributed by atoms with van der Waals surface area (Å²) in [7, 11) is 0. The highest BCUT2D eigenvalue weighted by molar-refractivity contribution is 7.80. The lowest BCUT2D eigenvalue weighted by atomic mass is 9.99. The van der Waals surface area contributed by atoms with E-state index in [0.717, 1.165) is 0 Å². The van der Waals surface area contributed by atoms with Gasteiger partial charge in [-0.25, -0.2) is 9.59 Å². The molecule has 0 aromatic heterocycles. The third-order valence-corrected chi connectivity index (χ3v) is 2.84. The molecule has 0 bridgehead atoms. The number of benzene rings is 2. The number of thiol groups is 1. The summed E-state index contributed by atoms with van der Waals surface area (Å²) in [5.41, 5.74) is -0.111. The van der Waals surface area contributed by atoms with Gasteiger partial charge in [0.2, 0.25) is 0 Å². The van der Waals surface area contributed by atoms with Crippen molar-refractivity contribution in [2.24, 2.45) is 0 Å². The van der Waals surface area contributed by atoms with Crippen LogP contribution >= 0.6 is 12.6 Å². The summed E-state index contributed by atoms with van der Waals surface area (Å²) in [5.74, 6) is -2.34. The molecule has 0 radical (unpaired) electrons. The maximum absolute atomic E-state index is 11.2. The third-order valence-electron chi connectivity index (χ3n) is 2.47. The molecule has 2 aromatic carbocycles. The van der Waals surface area contributed by atoms with E-state index in [1.165, 1.54) is 6.07 Å². The Balaban J connectivity index is 2.99. The zero-order chi connectivity index (χ0) is 12.6. The lowest BCUT2D eigenvalue weighted by Crippen LogP contribution is -2.05. The lowest BCUT2D eigenvalue weighted by molar-refractivity contribution is 0.0693. The average molecular weight is 248 g/mol. The van der Waals surface area contributed by atoms with Gasteiger partial charge in [-0.3, -0.25) is 0 Å². The Morgan fingerprint density at radius 2 is 1.71 bits per heavy atom. The van der Waals surface area contributed by atoms with Crippen LogP contribution in [-0.2, 0) is 0 Å². The molecule has 5 heteroatoms. The van der Waals surface area contributed by atoms with Crippen molar-refractivity contribution in [1.82, 2.24) is 0 Å². The highest BCUT2D eigenvalue weighted by Gasteiger charge is 2.18. The number of aromatic carboxylic acids is 2. The predicted octanol–water partition coefficient (Wildman–Crippen LogP) is 2.52. The van der Waals surface area contributed by atoms with Gasteiger partial charge in [0.1, 0.15) is 0 Å². The van der Waals surface area contributed by atoms with E-state index in [1.54, 1.807) is 24.3 Å². The molecule has 2 N–H and O–H groups in total. The topological polar surface area (TPSA) is 74.6 Å². The SMILES string of the molecule is O=C(O)c1cccc2ccc(S)c(C(=O)O)c12. The zero-order valence-corrected chi connectivity index (χ0v) is 9.44. The van der Waals surface area contributed by atoms with E-state index < -0.39 is 11.9 Å². The molecule has 0 spiro atoms. The van der Waals surface area contributed by atoms with Gasteiger partial charge in [-0.1, -0.05) is 18.2 Å². The predicted molar refractivity (Wildman–Crippen MR) is 65.1 cm³/mol. The van der Waals surface area contributed by atoms with Gasteiger partial charge >= 0.3 is 11.9 Å². The molecule has 0 aliphatic carbocycles. The lowest BCUT2D eigenvalue weighted by Gasteiger charge is -2.08. The summed E-state index contributed by atoms with van der Waals surface area (Å²) in [6.45, 7) is 0. The van der Waals surface area contributed by atoms with Crippen molar-refractivity contribution < 1.29 is 19.8 Å². The van der Waals surface area contributed by atoms with Crippen LogP contribution in [0.25, 0.3) is 10.8 Å². The number of hydrogen-bond donors (Lipinski definition) is 3. The molecule has 0 unspecified atom stereocenters. The van der Waals surface area contributed by atoms with Crippen molar-refractivity contribution in [3.05, 3.63) is 41.5 Å². The van der Waals surface area contributed by atoms with E-state index in [9.17, 15) is 9.59 Å². The number of rotatable bonds is 2. The first-order valence-electron chi connectivity index (χ1n) is 4.73. The van der Waals surface area contributed by atoms with Crippen LogP contribution in [0.4, 0.5) is 0 Å². The van der Waals surface area contributed by atoms with Crippen LogP contribution in [0.3, 0.4) is 0 Å². The molecule has 86 valence electrons. The van der Waals surface area contributed by atoms with Crippen LogP contribution in [0.2, 0.25) is 0 Å². The van der Waals surface area contributed by atoms with Crippen molar-refractivity contribution in [2.75, 3.05) is 0 Å². The first kappa shape index (κ1) is 11.5. The Morgan fingerprint density at radius 1 is 1.00 bits per heavy atom. The molecule has 4 nitrogen and oxygen atoms in total. The second kappa shape index (κ2) is 4.10. The van der Waals surface area contributed by atoms with E-state index in [1.807, 2.05) is 0 Å². The molecule has 0 saturated heterocycles. The maximum atomic E-state index is 11.2. The van der Waals surface area contributed by atoms with Gasteiger partial charge in [-0.15, -0.1) is 12.6 Å². The largest absolute Gasteiger partial charge is 0.478 e. The van der Waals surface area contributed by atoms with Gasteiger partial charge in [-0.2, -0.15) is 0 Å². The monoisotopic (exact) mass is 248 g/mol. The Morgan fingerprint density at radius 3 is 2.29 bits per heavy atom. The number of carboxylic acids is 2. The van der Waals surface area contributed by atoms with E-state index in [-0.39, 0.29) is 21.4 Å². The minimum Gasteiger partial charge on any atom is -0.478 e. The molecular formula is C12H8O4S. The van der Waals surface area contributed by atoms with Crippen molar-refractivity contribution in [2.45, 2.75) is 4.90 Å². The molecule has 0 aliphatic heterocycles. The van der Waals surface area contributed by atoms with Crippen LogP contribution in [0.1, 0.15) is 20.7 Å². The van der Waals surface area contributed by atoms with Crippen molar-refractivity contribution >= 4 is 35.3 Å². The number of carboxylic acid groups (broad SMARTS) is 2. The summed E-state index contributed by atoms with van der Waals surface area (Å²) in [4.78, 5) is 22.5. The van der Waals surface area contributed by atoms with E-state index >= 15 is 0 Å². The summed E-state index contributed by atoms with van der Waals surface area (Å²) in [6, 6.07) is 7.82. The molecule has 2 rings (SSSR count). The fourth-order valence-corrected chi connectivity index (χ4v) is 2.04. The number of carbonyl (C=O) groups is 2. The second-order valence-corrected chi connectivity index (χ2v) is 3.96. The second-order valence-electron chi connectivity index (χ2n) is 3.47. The number of fused-ring (bicyclic) bond motifs is 1. The summed E-state index contributed by atoms with van der Waals surface area (Å²) in [6.07, 6.45) is 0. The molecule has 0 aliphatic rings. The fraction of sp³-hybridized carbons (Fsp3) is 0. The summed E-state index contributed by atoms with van der Waals surface area (Å²) in [5, 5.41) is 19.0. The van der Waals surface area contributed by atoms with Crippen molar-refractivity contribution in [1.29, 1.82) is 0 Å². The van der Waals surface area contributed by atoms with Crippen molar-refractivity contribution in [3.8, 4) is 0 Å². The quantitative estimate of drug-likeness (QED) is 0.714. The van der Waals surface area contributed by atoms with Gasteiger partial charge in [0.25, 0.3) is 0 Å². The molecule has 2 aromatic rings. The number of hydrogen-bond acceptors (Lipinski definition) is 3. The molecule has 0 fully saturated rings. The van der Waals surface area contributed by atoms with Crippen molar-refractivity contribution in [3.63, 3.8) is 0 Å². The molecule has 0 saturated carbocycles. The molecule has 0 amide bonds. The maximum Gasteiger partial charge on any atom is 0.337 e. The highest BCUT2D eigenvalue weighted by Crippen LogP contribution is 2.28. The average Bonchev–Trinajstić information content (AvgIpc) is 2.27. The van der Waals surface area contributed by atoms with Crippen LogP contribution in [0, 0.1) is 0 Å². The Hall–Kier alpha value is -2.01. The van der Waals surface area contributed by atoms with E-state index in [2.05, 4.69) is 12.6 Å². The van der Waals surface area contributed by atoms with Crippen LogP contribution in [0.5, 0.6) is 0 Å². The van der Waals surface area contributed by atoms with Gasteiger partial charge in [0, 0.05) is 10.3 Å². The minimum absolute atomic E-state index is 0.0317. The highest BCUT2D eigenvalue weighted by atomic mass is 32.1. The molecular weight excluding hydrogens is 240 g/mol. The minimum atomic E-state index is -1.19. The zero-order valence-electron chi connectivity index (χ0n) is 8.54. The fourth-order valence-electron chi connectivity index (χ4n) is 1.76. The Bertz CT molecular complexity index is 634. The normalized spacial score (nSPS) is 10.4. The van der Waals surface area contributed by atoms with E-state index in [4.69, 9.17) is 10.2 Å². The Labute approximate surface area is 102 Å². The third kappa shape index (κ3) is 1.85.